The van der Waals surface area contributed by atoms with Crippen molar-refractivity contribution in [3.63, 3.8) is 0 Å². The van der Waals surface area contributed by atoms with Gasteiger partial charge in [0.05, 0.1) is 5.92 Å². The van der Waals surface area contributed by atoms with Gasteiger partial charge in [-0.25, -0.2) is 0 Å². The van der Waals surface area contributed by atoms with Crippen LogP contribution in [0.4, 0.5) is 0 Å². The number of carbonyl (C=O) groups excluding carboxylic acids is 1. The molecule has 1 rings (SSSR count). The Kier molecular flexibility index (Phi) is 3.72. The molecule has 0 saturated heterocycles. The fourth-order valence-corrected chi connectivity index (χ4v) is 2.23. The van der Waals surface area contributed by atoms with Gasteiger partial charge in [0, 0.05) is 6.54 Å². The first-order chi connectivity index (χ1) is 6.15. The van der Waals surface area contributed by atoms with Crippen molar-refractivity contribution in [3.05, 3.63) is 0 Å². The van der Waals surface area contributed by atoms with Gasteiger partial charge in [0.2, 0.25) is 5.91 Å². The molecule has 1 aliphatic rings. The molecule has 0 spiro atoms. The molecule has 1 fully saturated rings. The maximum absolute atomic E-state index is 11.1. The Morgan fingerprint density at radius 1 is 1.38 bits per heavy atom. The fourth-order valence-electron chi connectivity index (χ4n) is 2.23. The quantitative estimate of drug-likeness (QED) is 0.683. The standard InChI is InChI=1S/C10H20N2O/c1-7-2-4-8(5-3-7)9(6-11)10(12)13/h7-9H,2-6,11H2,1H3,(H2,12,13). The van der Waals surface area contributed by atoms with E-state index in [1.54, 1.807) is 0 Å². The van der Waals surface area contributed by atoms with Gasteiger partial charge in [0.15, 0.2) is 0 Å². The van der Waals surface area contributed by atoms with E-state index in [9.17, 15) is 4.79 Å². The Bertz CT molecular complexity index is 174. The van der Waals surface area contributed by atoms with Crippen LogP contribution in [0, 0.1) is 17.8 Å². The van der Waals surface area contributed by atoms with Crippen LogP contribution in [0.5, 0.6) is 0 Å². The zero-order chi connectivity index (χ0) is 9.84. The highest BCUT2D eigenvalue weighted by molar-refractivity contribution is 5.77. The van der Waals surface area contributed by atoms with Gasteiger partial charge in [-0.15, -0.1) is 0 Å². The van der Waals surface area contributed by atoms with Gasteiger partial charge in [-0.3, -0.25) is 4.79 Å². The van der Waals surface area contributed by atoms with Crippen molar-refractivity contribution in [2.24, 2.45) is 29.2 Å². The van der Waals surface area contributed by atoms with Crippen molar-refractivity contribution in [3.8, 4) is 0 Å². The summed E-state index contributed by atoms with van der Waals surface area (Å²) in [6.07, 6.45) is 4.67. The first-order valence-corrected chi connectivity index (χ1v) is 5.14. The molecule has 1 amide bonds. The molecule has 0 bridgehead atoms. The van der Waals surface area contributed by atoms with Crippen LogP contribution in [0.3, 0.4) is 0 Å². The molecule has 0 radical (unpaired) electrons. The minimum absolute atomic E-state index is 0.0903. The third-order valence-corrected chi connectivity index (χ3v) is 3.25. The van der Waals surface area contributed by atoms with Crippen LogP contribution in [-0.2, 0) is 4.79 Å². The van der Waals surface area contributed by atoms with Crippen molar-refractivity contribution < 1.29 is 4.79 Å². The molecule has 4 N–H and O–H groups in total. The monoisotopic (exact) mass is 184 g/mol. The second kappa shape index (κ2) is 4.61. The molecule has 0 aliphatic heterocycles. The molecule has 0 aromatic carbocycles. The predicted molar refractivity (Wildman–Crippen MR) is 52.9 cm³/mol. The van der Waals surface area contributed by atoms with Crippen molar-refractivity contribution >= 4 is 5.91 Å². The topological polar surface area (TPSA) is 69.1 Å². The third-order valence-electron chi connectivity index (χ3n) is 3.25. The van der Waals surface area contributed by atoms with Crippen molar-refractivity contribution in [1.29, 1.82) is 0 Å². The van der Waals surface area contributed by atoms with Crippen LogP contribution in [0.2, 0.25) is 0 Å². The van der Waals surface area contributed by atoms with E-state index in [-0.39, 0.29) is 11.8 Å². The van der Waals surface area contributed by atoms with E-state index in [4.69, 9.17) is 11.5 Å². The minimum Gasteiger partial charge on any atom is -0.369 e. The molecule has 1 aliphatic carbocycles. The van der Waals surface area contributed by atoms with E-state index in [0.717, 1.165) is 18.8 Å². The molecule has 1 atom stereocenters. The van der Waals surface area contributed by atoms with E-state index in [0.29, 0.717) is 12.5 Å². The first-order valence-electron chi connectivity index (χ1n) is 5.14. The summed E-state index contributed by atoms with van der Waals surface area (Å²) < 4.78 is 0. The van der Waals surface area contributed by atoms with Gasteiger partial charge >= 0.3 is 0 Å². The molecule has 1 saturated carbocycles. The summed E-state index contributed by atoms with van der Waals surface area (Å²) in [5.41, 5.74) is 10.8. The van der Waals surface area contributed by atoms with Gasteiger partial charge in [-0.2, -0.15) is 0 Å². The number of nitrogens with two attached hydrogens (primary N) is 2. The summed E-state index contributed by atoms with van der Waals surface area (Å²) in [4.78, 5) is 11.1. The predicted octanol–water partition coefficient (Wildman–Crippen LogP) is 0.873. The molecule has 13 heavy (non-hydrogen) atoms. The Balaban J connectivity index is 2.46. The fraction of sp³-hybridized carbons (Fsp3) is 0.900. The summed E-state index contributed by atoms with van der Waals surface area (Å²) in [6, 6.07) is 0. The van der Waals surface area contributed by atoms with Crippen molar-refractivity contribution in [2.75, 3.05) is 6.54 Å². The average Bonchev–Trinajstić information content (AvgIpc) is 2.09. The van der Waals surface area contributed by atoms with E-state index in [2.05, 4.69) is 6.92 Å². The molecule has 0 heterocycles. The lowest BCUT2D eigenvalue weighted by Gasteiger charge is -2.30. The van der Waals surface area contributed by atoms with Crippen LogP contribution < -0.4 is 11.5 Å². The summed E-state index contributed by atoms with van der Waals surface area (Å²) in [7, 11) is 0. The third kappa shape index (κ3) is 2.69. The highest BCUT2D eigenvalue weighted by Crippen LogP contribution is 2.32. The second-order valence-electron chi connectivity index (χ2n) is 4.26. The summed E-state index contributed by atoms with van der Waals surface area (Å²) >= 11 is 0. The molecular weight excluding hydrogens is 164 g/mol. The molecule has 3 heteroatoms. The SMILES string of the molecule is CC1CCC(C(CN)C(N)=O)CC1. The minimum atomic E-state index is -0.220. The van der Waals surface area contributed by atoms with E-state index < -0.39 is 0 Å². The lowest BCUT2D eigenvalue weighted by atomic mass is 9.76. The Morgan fingerprint density at radius 2 is 1.92 bits per heavy atom. The number of primary amides is 1. The Hall–Kier alpha value is -0.570. The molecule has 0 aromatic rings. The zero-order valence-corrected chi connectivity index (χ0v) is 8.33. The first kappa shape index (κ1) is 10.5. The summed E-state index contributed by atoms with van der Waals surface area (Å²) in [6.45, 7) is 2.67. The summed E-state index contributed by atoms with van der Waals surface area (Å²) in [5, 5.41) is 0. The summed E-state index contributed by atoms with van der Waals surface area (Å²) in [5.74, 6) is 0.941. The molecule has 3 nitrogen and oxygen atoms in total. The van der Waals surface area contributed by atoms with Gasteiger partial charge < -0.3 is 11.5 Å². The van der Waals surface area contributed by atoms with Crippen LogP contribution in [0.1, 0.15) is 32.6 Å². The van der Waals surface area contributed by atoms with Gasteiger partial charge in [-0.05, 0) is 24.7 Å². The molecule has 0 aromatic heterocycles. The zero-order valence-electron chi connectivity index (χ0n) is 8.33. The maximum Gasteiger partial charge on any atom is 0.222 e. The number of hydrogen-bond acceptors (Lipinski definition) is 2. The van der Waals surface area contributed by atoms with Crippen LogP contribution in [-0.4, -0.2) is 12.5 Å². The normalized spacial score (nSPS) is 31.2. The highest BCUT2D eigenvalue weighted by Gasteiger charge is 2.28. The van der Waals surface area contributed by atoms with Crippen LogP contribution >= 0.6 is 0 Å². The molecule has 76 valence electrons. The van der Waals surface area contributed by atoms with E-state index >= 15 is 0 Å². The average molecular weight is 184 g/mol. The number of amides is 1. The lowest BCUT2D eigenvalue weighted by Crippen LogP contribution is -2.37. The lowest BCUT2D eigenvalue weighted by molar-refractivity contribution is -0.123. The maximum atomic E-state index is 11.1. The molecular formula is C10H20N2O. The number of carbonyl (C=O) groups is 1. The highest BCUT2D eigenvalue weighted by atomic mass is 16.1. The smallest absolute Gasteiger partial charge is 0.222 e. The largest absolute Gasteiger partial charge is 0.369 e. The van der Waals surface area contributed by atoms with Gasteiger partial charge in [0.25, 0.3) is 0 Å². The van der Waals surface area contributed by atoms with Crippen LogP contribution in [0.25, 0.3) is 0 Å². The van der Waals surface area contributed by atoms with Crippen molar-refractivity contribution in [1.82, 2.24) is 0 Å². The van der Waals surface area contributed by atoms with Gasteiger partial charge in [0.1, 0.15) is 0 Å². The van der Waals surface area contributed by atoms with Gasteiger partial charge in [-0.1, -0.05) is 19.8 Å². The molecule has 1 unspecified atom stereocenters. The Morgan fingerprint density at radius 3 is 2.31 bits per heavy atom. The van der Waals surface area contributed by atoms with Crippen LogP contribution in [0.15, 0.2) is 0 Å². The Labute approximate surface area is 79.9 Å². The second-order valence-corrected chi connectivity index (χ2v) is 4.26. The van der Waals surface area contributed by atoms with E-state index in [1.165, 1.54) is 12.8 Å². The number of rotatable bonds is 3. The van der Waals surface area contributed by atoms with E-state index in [1.807, 2.05) is 0 Å². The number of hydrogen-bond donors (Lipinski definition) is 2. The van der Waals surface area contributed by atoms with Crippen molar-refractivity contribution in [2.45, 2.75) is 32.6 Å².